The molecule has 2 heterocycles. The van der Waals surface area contributed by atoms with Crippen molar-refractivity contribution in [2.24, 2.45) is 0 Å². The predicted octanol–water partition coefficient (Wildman–Crippen LogP) is 2.74. The molecule has 1 aromatic heterocycles. The molecule has 1 fully saturated rings. The summed E-state index contributed by atoms with van der Waals surface area (Å²) in [6, 6.07) is 7.93. The van der Waals surface area contributed by atoms with Gasteiger partial charge in [0.1, 0.15) is 16.9 Å². The second-order valence-corrected chi connectivity index (χ2v) is 4.79. The Labute approximate surface area is 100.0 Å². The number of furan rings is 1. The van der Waals surface area contributed by atoms with Crippen LogP contribution in [-0.4, -0.2) is 17.8 Å². The maximum absolute atomic E-state index is 10.6. The van der Waals surface area contributed by atoms with E-state index in [1.807, 2.05) is 38.1 Å². The van der Waals surface area contributed by atoms with Crippen LogP contribution in [0.15, 0.2) is 28.7 Å². The summed E-state index contributed by atoms with van der Waals surface area (Å²) in [5.41, 5.74) is 0.963. The molecule has 0 saturated carbocycles. The molecule has 0 aliphatic carbocycles. The number of aryl methyl sites for hydroxylation is 1. The summed E-state index contributed by atoms with van der Waals surface area (Å²) in [7, 11) is 0. The Morgan fingerprint density at radius 2 is 2.24 bits per heavy atom. The summed E-state index contributed by atoms with van der Waals surface area (Å²) in [5, 5.41) is 11.6. The molecule has 0 spiro atoms. The molecule has 90 valence electrons. The van der Waals surface area contributed by atoms with Gasteiger partial charge in [-0.25, -0.2) is 0 Å². The van der Waals surface area contributed by atoms with E-state index in [-0.39, 0.29) is 6.10 Å². The molecule has 0 radical (unpaired) electrons. The number of aliphatic hydroxyl groups is 1. The van der Waals surface area contributed by atoms with Crippen molar-refractivity contribution in [3.63, 3.8) is 0 Å². The van der Waals surface area contributed by atoms with E-state index in [1.54, 1.807) is 0 Å². The minimum atomic E-state index is -0.981. The van der Waals surface area contributed by atoms with Gasteiger partial charge in [-0.1, -0.05) is 18.2 Å². The van der Waals surface area contributed by atoms with E-state index in [0.717, 1.165) is 16.5 Å². The SMILES string of the molecule is Cc1cccc2cc(C3(O)CCOC3C)oc12. The number of benzene rings is 1. The molecular weight excluding hydrogens is 216 g/mol. The van der Waals surface area contributed by atoms with Gasteiger partial charge in [-0.2, -0.15) is 0 Å². The van der Waals surface area contributed by atoms with Crippen molar-refractivity contribution in [3.8, 4) is 0 Å². The lowest BCUT2D eigenvalue weighted by molar-refractivity contribution is -0.0452. The first-order valence-corrected chi connectivity index (χ1v) is 5.95. The van der Waals surface area contributed by atoms with E-state index in [2.05, 4.69) is 0 Å². The highest BCUT2D eigenvalue weighted by molar-refractivity contribution is 5.81. The van der Waals surface area contributed by atoms with Crippen LogP contribution in [0.2, 0.25) is 0 Å². The average Bonchev–Trinajstić information content (AvgIpc) is 2.86. The number of rotatable bonds is 1. The molecule has 2 atom stereocenters. The van der Waals surface area contributed by atoms with Crippen LogP contribution in [0.1, 0.15) is 24.7 Å². The lowest BCUT2D eigenvalue weighted by Crippen LogP contribution is -2.32. The maximum Gasteiger partial charge on any atom is 0.150 e. The smallest absolute Gasteiger partial charge is 0.150 e. The number of hydrogen-bond donors (Lipinski definition) is 1. The Morgan fingerprint density at radius 1 is 1.41 bits per heavy atom. The molecule has 17 heavy (non-hydrogen) atoms. The van der Waals surface area contributed by atoms with Crippen LogP contribution >= 0.6 is 0 Å². The van der Waals surface area contributed by atoms with Gasteiger partial charge < -0.3 is 14.3 Å². The van der Waals surface area contributed by atoms with Crippen LogP contribution in [-0.2, 0) is 10.3 Å². The fourth-order valence-corrected chi connectivity index (χ4v) is 2.48. The summed E-state index contributed by atoms with van der Waals surface area (Å²) in [4.78, 5) is 0. The number of fused-ring (bicyclic) bond motifs is 1. The van der Waals surface area contributed by atoms with Gasteiger partial charge in [0.2, 0.25) is 0 Å². The number of ether oxygens (including phenoxy) is 1. The van der Waals surface area contributed by atoms with Crippen molar-refractivity contribution >= 4 is 11.0 Å². The van der Waals surface area contributed by atoms with Crippen LogP contribution in [0.3, 0.4) is 0 Å². The van der Waals surface area contributed by atoms with Gasteiger partial charge in [-0.3, -0.25) is 0 Å². The van der Waals surface area contributed by atoms with Crippen molar-refractivity contribution in [3.05, 3.63) is 35.6 Å². The molecule has 1 aliphatic rings. The molecule has 1 aliphatic heterocycles. The first-order chi connectivity index (χ1) is 8.11. The fraction of sp³-hybridized carbons (Fsp3) is 0.429. The molecule has 2 unspecified atom stereocenters. The topological polar surface area (TPSA) is 42.6 Å². The Balaban J connectivity index is 2.15. The first kappa shape index (κ1) is 10.8. The maximum atomic E-state index is 10.6. The lowest BCUT2D eigenvalue weighted by Gasteiger charge is -2.23. The van der Waals surface area contributed by atoms with Gasteiger partial charge in [-0.15, -0.1) is 0 Å². The van der Waals surface area contributed by atoms with E-state index in [1.165, 1.54) is 0 Å². The van der Waals surface area contributed by atoms with E-state index in [4.69, 9.17) is 9.15 Å². The minimum absolute atomic E-state index is 0.219. The highest BCUT2D eigenvalue weighted by Gasteiger charge is 2.44. The zero-order valence-corrected chi connectivity index (χ0v) is 10.1. The van der Waals surface area contributed by atoms with Gasteiger partial charge in [-0.05, 0) is 25.5 Å². The van der Waals surface area contributed by atoms with Gasteiger partial charge in [0.25, 0.3) is 0 Å². The van der Waals surface area contributed by atoms with E-state index >= 15 is 0 Å². The highest BCUT2D eigenvalue weighted by atomic mass is 16.5. The zero-order chi connectivity index (χ0) is 12.0. The molecule has 0 amide bonds. The monoisotopic (exact) mass is 232 g/mol. The first-order valence-electron chi connectivity index (χ1n) is 5.95. The largest absolute Gasteiger partial charge is 0.458 e. The Morgan fingerprint density at radius 3 is 2.88 bits per heavy atom. The average molecular weight is 232 g/mol. The highest BCUT2D eigenvalue weighted by Crippen LogP contribution is 2.38. The third kappa shape index (κ3) is 1.50. The van der Waals surface area contributed by atoms with Crippen LogP contribution in [0.25, 0.3) is 11.0 Å². The molecule has 2 aromatic rings. The van der Waals surface area contributed by atoms with Gasteiger partial charge >= 0.3 is 0 Å². The normalized spacial score (nSPS) is 29.0. The number of hydrogen-bond acceptors (Lipinski definition) is 3. The molecule has 1 saturated heterocycles. The van der Waals surface area contributed by atoms with Crippen molar-refractivity contribution in [1.29, 1.82) is 0 Å². The Hall–Kier alpha value is -1.32. The Kier molecular flexibility index (Phi) is 2.28. The second-order valence-electron chi connectivity index (χ2n) is 4.79. The third-order valence-corrected chi connectivity index (χ3v) is 3.69. The van der Waals surface area contributed by atoms with E-state index < -0.39 is 5.60 Å². The van der Waals surface area contributed by atoms with Crippen LogP contribution in [0, 0.1) is 6.92 Å². The van der Waals surface area contributed by atoms with E-state index in [9.17, 15) is 5.11 Å². The molecule has 0 bridgehead atoms. The van der Waals surface area contributed by atoms with E-state index in [0.29, 0.717) is 18.8 Å². The molecule has 3 heteroatoms. The summed E-state index contributed by atoms with van der Waals surface area (Å²) in [6.45, 7) is 4.47. The molecule has 1 aromatic carbocycles. The molecule has 1 N–H and O–H groups in total. The minimum Gasteiger partial charge on any atom is -0.458 e. The number of para-hydroxylation sites is 1. The van der Waals surface area contributed by atoms with Gasteiger partial charge in [0.05, 0.1) is 12.7 Å². The van der Waals surface area contributed by atoms with Gasteiger partial charge in [0.15, 0.2) is 0 Å². The van der Waals surface area contributed by atoms with Crippen molar-refractivity contribution in [2.45, 2.75) is 32.0 Å². The quantitative estimate of drug-likeness (QED) is 0.822. The summed E-state index contributed by atoms with van der Waals surface area (Å²) in [5.74, 6) is 0.617. The summed E-state index contributed by atoms with van der Waals surface area (Å²) >= 11 is 0. The standard InChI is InChI=1S/C14H16O3/c1-9-4-3-5-11-8-12(17-13(9)11)14(15)6-7-16-10(14)2/h3-5,8,10,15H,6-7H2,1-2H3. The van der Waals surface area contributed by atoms with Crippen molar-refractivity contribution in [1.82, 2.24) is 0 Å². The fourth-order valence-electron chi connectivity index (χ4n) is 2.48. The summed E-state index contributed by atoms with van der Waals surface area (Å²) in [6.07, 6.45) is 0.371. The van der Waals surface area contributed by atoms with Crippen LogP contribution in [0.5, 0.6) is 0 Å². The molecular formula is C14H16O3. The van der Waals surface area contributed by atoms with Crippen LogP contribution in [0.4, 0.5) is 0 Å². The summed E-state index contributed by atoms with van der Waals surface area (Å²) < 4.78 is 11.3. The second kappa shape index (κ2) is 3.59. The predicted molar refractivity (Wildman–Crippen MR) is 64.9 cm³/mol. The van der Waals surface area contributed by atoms with Crippen molar-refractivity contribution in [2.75, 3.05) is 6.61 Å². The Bertz CT molecular complexity index is 558. The zero-order valence-electron chi connectivity index (χ0n) is 10.1. The lowest BCUT2D eigenvalue weighted by atomic mass is 9.93. The van der Waals surface area contributed by atoms with Crippen molar-refractivity contribution < 1.29 is 14.3 Å². The van der Waals surface area contributed by atoms with Gasteiger partial charge in [0, 0.05) is 11.8 Å². The third-order valence-electron chi connectivity index (χ3n) is 3.69. The molecule has 3 rings (SSSR count). The van der Waals surface area contributed by atoms with Crippen LogP contribution < -0.4 is 0 Å². The molecule has 3 nitrogen and oxygen atoms in total.